The number of aromatic nitrogens is 1. The van der Waals surface area contributed by atoms with Crippen LogP contribution in [0, 0.1) is 31.1 Å². The fraction of sp³-hybridized carbons (Fsp3) is 0.556. The number of ketones is 1. The number of hydrogen-bond acceptors (Lipinski definition) is 5. The van der Waals surface area contributed by atoms with Gasteiger partial charge in [-0.15, -0.1) is 11.6 Å². The van der Waals surface area contributed by atoms with E-state index >= 15 is 0 Å². The molecular formula is C27H30ClNO5. The Balaban J connectivity index is 1.19. The Morgan fingerprint density at radius 3 is 2.47 bits per heavy atom. The number of alkyl halides is 1. The number of nitrogens with zero attached hydrogens (tertiary/aromatic N) is 1. The largest absolute Gasteiger partial charge is 0.486 e. The molecule has 180 valence electrons. The molecular weight excluding hydrogens is 454 g/mol. The molecule has 0 N–H and O–H groups in total. The van der Waals surface area contributed by atoms with Crippen LogP contribution in [0.1, 0.15) is 60.3 Å². The lowest BCUT2D eigenvalue weighted by Gasteiger charge is -2.58. The zero-order valence-corrected chi connectivity index (χ0v) is 20.5. The van der Waals surface area contributed by atoms with Crippen LogP contribution in [0.4, 0.5) is 0 Å². The number of Topliss-reactive ketones (excluding diaryl/α,β-unsaturated/α-hetero) is 1. The van der Waals surface area contributed by atoms with Gasteiger partial charge in [0.1, 0.15) is 13.2 Å². The minimum Gasteiger partial charge on any atom is -0.486 e. The molecule has 2 atom stereocenters. The lowest BCUT2D eigenvalue weighted by Crippen LogP contribution is -2.56. The maximum Gasteiger partial charge on any atom is 0.312 e. The molecule has 1 aliphatic heterocycles. The van der Waals surface area contributed by atoms with Crippen molar-refractivity contribution in [1.82, 2.24) is 4.57 Å². The van der Waals surface area contributed by atoms with Gasteiger partial charge >= 0.3 is 5.97 Å². The fourth-order valence-corrected chi connectivity index (χ4v) is 8.06. The van der Waals surface area contributed by atoms with Gasteiger partial charge in [-0.25, -0.2) is 0 Å². The SMILES string of the molecule is Cc1cc(C(=O)COC(=O)C23C[C@H]4C[C@@H](CC(Cl)(C4)C2)C3)c(C)n1-c1ccc2c(c1)OCCO2. The molecule has 4 saturated carbocycles. The first-order valence-electron chi connectivity index (χ1n) is 12.2. The van der Waals surface area contributed by atoms with Gasteiger partial charge in [0.25, 0.3) is 0 Å². The number of carbonyl (C=O) groups excluding carboxylic acids is 2. The molecule has 2 heterocycles. The van der Waals surface area contributed by atoms with Gasteiger partial charge in [0.15, 0.2) is 18.1 Å². The van der Waals surface area contributed by atoms with Crippen molar-refractivity contribution in [2.75, 3.05) is 19.8 Å². The van der Waals surface area contributed by atoms with Crippen molar-refractivity contribution in [2.24, 2.45) is 17.3 Å². The van der Waals surface area contributed by atoms with E-state index in [2.05, 4.69) is 0 Å². The summed E-state index contributed by atoms with van der Waals surface area (Å²) < 4.78 is 19.0. The van der Waals surface area contributed by atoms with Crippen LogP contribution in [-0.4, -0.2) is 41.0 Å². The number of halogens is 1. The number of hydrogen-bond donors (Lipinski definition) is 0. The van der Waals surface area contributed by atoms with E-state index in [4.69, 9.17) is 25.8 Å². The Kier molecular flexibility index (Phi) is 5.03. The highest BCUT2D eigenvalue weighted by Gasteiger charge is 2.60. The summed E-state index contributed by atoms with van der Waals surface area (Å²) >= 11 is 6.87. The van der Waals surface area contributed by atoms with Crippen LogP contribution in [0.2, 0.25) is 0 Å². The Labute approximate surface area is 204 Å². The summed E-state index contributed by atoms with van der Waals surface area (Å²) in [5.41, 5.74) is 2.70. The summed E-state index contributed by atoms with van der Waals surface area (Å²) in [7, 11) is 0. The number of rotatable bonds is 5. The van der Waals surface area contributed by atoms with Crippen molar-refractivity contribution in [3.8, 4) is 17.2 Å². The molecule has 1 aromatic heterocycles. The Hall–Kier alpha value is -2.47. The van der Waals surface area contributed by atoms with Crippen molar-refractivity contribution in [3.63, 3.8) is 0 Å². The van der Waals surface area contributed by atoms with E-state index in [1.807, 2.05) is 42.7 Å². The molecule has 0 saturated heterocycles. The minimum absolute atomic E-state index is 0.185. The maximum atomic E-state index is 13.2. The van der Waals surface area contributed by atoms with Crippen LogP contribution in [0.3, 0.4) is 0 Å². The summed E-state index contributed by atoms with van der Waals surface area (Å²) in [6, 6.07) is 7.64. The predicted molar refractivity (Wildman–Crippen MR) is 127 cm³/mol. The summed E-state index contributed by atoms with van der Waals surface area (Å²) in [5, 5.41) is 0. The van der Waals surface area contributed by atoms with Crippen molar-refractivity contribution in [1.29, 1.82) is 0 Å². The molecule has 0 amide bonds. The fourth-order valence-electron chi connectivity index (χ4n) is 7.37. The van der Waals surface area contributed by atoms with Gasteiger partial charge in [0.2, 0.25) is 5.78 Å². The van der Waals surface area contributed by atoms with Crippen LogP contribution in [0.15, 0.2) is 24.3 Å². The first kappa shape index (κ1) is 22.0. The Bertz CT molecular complexity index is 1170. The van der Waals surface area contributed by atoms with E-state index in [0.29, 0.717) is 42.8 Å². The van der Waals surface area contributed by atoms with E-state index in [0.717, 1.165) is 48.5 Å². The van der Waals surface area contributed by atoms with Crippen molar-refractivity contribution >= 4 is 23.4 Å². The van der Waals surface area contributed by atoms with Gasteiger partial charge in [-0.3, -0.25) is 9.59 Å². The van der Waals surface area contributed by atoms with Gasteiger partial charge in [-0.2, -0.15) is 0 Å². The molecule has 5 aliphatic rings. The molecule has 1 aromatic carbocycles. The first-order chi connectivity index (χ1) is 16.3. The van der Waals surface area contributed by atoms with Crippen LogP contribution < -0.4 is 9.47 Å². The molecule has 0 unspecified atom stereocenters. The van der Waals surface area contributed by atoms with Crippen LogP contribution in [0.25, 0.3) is 5.69 Å². The van der Waals surface area contributed by atoms with Crippen LogP contribution in [0.5, 0.6) is 11.5 Å². The van der Waals surface area contributed by atoms with Gasteiger partial charge in [-0.1, -0.05) is 0 Å². The van der Waals surface area contributed by atoms with Gasteiger partial charge in [0, 0.05) is 33.6 Å². The first-order valence-corrected chi connectivity index (χ1v) is 12.6. The smallest absolute Gasteiger partial charge is 0.312 e. The zero-order valence-electron chi connectivity index (χ0n) is 19.7. The number of aryl methyl sites for hydroxylation is 1. The third-order valence-corrected chi connectivity index (χ3v) is 8.71. The van der Waals surface area contributed by atoms with E-state index in [-0.39, 0.29) is 23.2 Å². The summed E-state index contributed by atoms with van der Waals surface area (Å²) in [4.78, 5) is 26.1. The third-order valence-electron chi connectivity index (χ3n) is 8.27. The summed E-state index contributed by atoms with van der Waals surface area (Å²) in [5.74, 6) is 2.02. The third kappa shape index (κ3) is 3.53. The van der Waals surface area contributed by atoms with E-state index in [9.17, 15) is 9.59 Å². The maximum absolute atomic E-state index is 13.2. The topological polar surface area (TPSA) is 66.8 Å². The molecule has 0 radical (unpaired) electrons. The summed E-state index contributed by atoms with van der Waals surface area (Å²) in [6.07, 6.45) is 5.57. The second kappa shape index (κ2) is 7.77. The van der Waals surface area contributed by atoms with E-state index < -0.39 is 5.41 Å². The van der Waals surface area contributed by atoms with Crippen LogP contribution in [-0.2, 0) is 9.53 Å². The van der Waals surface area contributed by atoms with Gasteiger partial charge in [0.05, 0.1) is 5.41 Å². The van der Waals surface area contributed by atoms with Crippen molar-refractivity contribution < 1.29 is 23.8 Å². The Morgan fingerprint density at radius 2 is 1.76 bits per heavy atom. The second-order valence-corrected chi connectivity index (χ2v) is 11.6. The molecule has 2 aromatic rings. The van der Waals surface area contributed by atoms with Crippen molar-refractivity contribution in [3.05, 3.63) is 41.2 Å². The highest BCUT2D eigenvalue weighted by Crippen LogP contribution is 2.64. The number of esters is 1. The lowest BCUT2D eigenvalue weighted by atomic mass is 9.49. The quantitative estimate of drug-likeness (QED) is 0.333. The Morgan fingerprint density at radius 1 is 1.06 bits per heavy atom. The second-order valence-electron chi connectivity index (χ2n) is 10.8. The highest BCUT2D eigenvalue weighted by molar-refractivity contribution is 6.24. The minimum atomic E-state index is -0.506. The molecule has 0 spiro atoms. The molecule has 4 bridgehead atoms. The molecule has 34 heavy (non-hydrogen) atoms. The predicted octanol–water partition coefficient (Wildman–Crippen LogP) is 5.17. The van der Waals surface area contributed by atoms with E-state index in [1.165, 1.54) is 6.42 Å². The van der Waals surface area contributed by atoms with Crippen molar-refractivity contribution in [2.45, 2.75) is 57.2 Å². The number of ether oxygens (including phenoxy) is 3. The molecule has 4 fully saturated rings. The molecule has 7 rings (SSSR count). The number of benzene rings is 1. The monoisotopic (exact) mass is 483 g/mol. The number of carbonyl (C=O) groups is 2. The molecule has 4 aliphatic carbocycles. The average Bonchev–Trinajstić information content (AvgIpc) is 3.09. The van der Waals surface area contributed by atoms with Crippen LogP contribution >= 0.6 is 11.6 Å². The standard InChI is InChI=1S/C27H30ClNO5/c1-16-7-21(17(2)29(16)20-3-4-23-24(9-20)33-6-5-32-23)22(30)14-34-25(31)26-10-18-8-19(11-26)13-27(28,12-18)15-26/h3-4,7,9,18-19H,5-6,8,10-15H2,1-2H3/t18-,19-,26?,27?/m1/s1. The summed E-state index contributed by atoms with van der Waals surface area (Å²) in [6.45, 7) is 4.69. The number of fused-ring (bicyclic) bond motifs is 1. The molecule has 7 heteroatoms. The molecule has 6 nitrogen and oxygen atoms in total. The van der Waals surface area contributed by atoms with Gasteiger partial charge < -0.3 is 18.8 Å². The lowest BCUT2D eigenvalue weighted by molar-refractivity contribution is -0.168. The normalized spacial score (nSPS) is 30.9. The zero-order chi connectivity index (χ0) is 23.7. The van der Waals surface area contributed by atoms with E-state index in [1.54, 1.807) is 0 Å². The average molecular weight is 484 g/mol. The highest BCUT2D eigenvalue weighted by atomic mass is 35.5. The van der Waals surface area contributed by atoms with Gasteiger partial charge in [-0.05, 0) is 82.4 Å².